The van der Waals surface area contributed by atoms with E-state index in [1.54, 1.807) is 18.2 Å². The quantitative estimate of drug-likeness (QED) is 0.705. The molecule has 0 atom stereocenters. The maximum absolute atomic E-state index is 12.7. The molecule has 1 aliphatic rings. The Kier molecular flexibility index (Phi) is 3.66. The summed E-state index contributed by atoms with van der Waals surface area (Å²) in [6, 6.07) is 6.24. The molecular formula is C15H13FO. The lowest BCUT2D eigenvalue weighted by atomic mass is 9.99. The normalized spacial score (nSPS) is 18.2. The van der Waals surface area contributed by atoms with Crippen LogP contribution in [0.5, 0.6) is 0 Å². The zero-order valence-corrected chi connectivity index (χ0v) is 9.40. The maximum Gasteiger partial charge on any atom is 0.181 e. The first-order chi connectivity index (χ1) is 8.25. The number of ketones is 1. The topological polar surface area (TPSA) is 17.1 Å². The first-order valence-corrected chi connectivity index (χ1v) is 5.59. The third-order valence-electron chi connectivity index (χ3n) is 2.62. The van der Waals surface area contributed by atoms with Gasteiger partial charge >= 0.3 is 0 Å². The van der Waals surface area contributed by atoms with Crippen LogP contribution < -0.4 is 0 Å². The largest absolute Gasteiger partial charge is 0.290 e. The van der Waals surface area contributed by atoms with Gasteiger partial charge < -0.3 is 0 Å². The van der Waals surface area contributed by atoms with Crippen LogP contribution in [0.3, 0.4) is 0 Å². The van der Waals surface area contributed by atoms with Crippen molar-refractivity contribution < 1.29 is 9.18 Å². The van der Waals surface area contributed by atoms with Crippen molar-refractivity contribution in [2.75, 3.05) is 0 Å². The van der Waals surface area contributed by atoms with Gasteiger partial charge in [0.15, 0.2) is 5.78 Å². The second kappa shape index (κ2) is 5.39. The Bertz CT molecular complexity index is 492. The summed E-state index contributed by atoms with van der Waals surface area (Å²) in [5.74, 6) is -0.159. The number of carbonyl (C=O) groups is 1. The molecule has 0 saturated carbocycles. The van der Waals surface area contributed by atoms with Gasteiger partial charge in [0.1, 0.15) is 5.82 Å². The SMILES string of the molecule is O=C1C=CCC/C1=C\C=C\c1ccc(F)cc1. The molecular weight excluding hydrogens is 215 g/mol. The summed E-state index contributed by atoms with van der Waals surface area (Å²) in [6.07, 6.45) is 10.7. The predicted octanol–water partition coefficient (Wildman–Crippen LogP) is 3.68. The van der Waals surface area contributed by atoms with Crippen LogP contribution in [0.15, 0.2) is 54.1 Å². The number of hydrogen-bond acceptors (Lipinski definition) is 1. The molecule has 0 aromatic heterocycles. The van der Waals surface area contributed by atoms with Crippen LogP contribution in [0, 0.1) is 5.82 Å². The summed E-state index contributed by atoms with van der Waals surface area (Å²) in [6.45, 7) is 0. The van der Waals surface area contributed by atoms with E-state index in [0.29, 0.717) is 0 Å². The van der Waals surface area contributed by atoms with Gasteiger partial charge in [-0.2, -0.15) is 0 Å². The van der Waals surface area contributed by atoms with Crippen LogP contribution >= 0.6 is 0 Å². The molecule has 86 valence electrons. The lowest BCUT2D eigenvalue weighted by Crippen LogP contribution is -2.01. The minimum absolute atomic E-state index is 0.0833. The number of rotatable bonds is 2. The van der Waals surface area contributed by atoms with Crippen molar-refractivity contribution in [1.29, 1.82) is 0 Å². The summed E-state index contributed by atoms with van der Waals surface area (Å²) in [5, 5.41) is 0. The fourth-order valence-corrected chi connectivity index (χ4v) is 1.67. The number of allylic oxidation sites excluding steroid dienone is 5. The number of carbonyl (C=O) groups excluding carboxylic acids is 1. The molecule has 0 amide bonds. The molecule has 0 heterocycles. The summed E-state index contributed by atoms with van der Waals surface area (Å²) < 4.78 is 12.7. The Morgan fingerprint density at radius 2 is 1.94 bits per heavy atom. The molecule has 1 aromatic carbocycles. The molecule has 0 spiro atoms. The molecule has 0 fully saturated rings. The van der Waals surface area contributed by atoms with E-state index in [1.807, 2.05) is 24.3 Å². The highest BCUT2D eigenvalue weighted by Crippen LogP contribution is 2.14. The molecule has 2 heteroatoms. The van der Waals surface area contributed by atoms with Gasteiger partial charge in [-0.3, -0.25) is 4.79 Å². The maximum atomic E-state index is 12.7. The standard InChI is InChI=1S/C15H13FO/c16-14-10-8-12(9-11-14)4-3-6-13-5-1-2-7-15(13)17/h2-4,6-11H,1,5H2/b4-3+,13-6+. The molecule has 1 aromatic rings. The molecule has 1 aliphatic carbocycles. The van der Waals surface area contributed by atoms with E-state index in [2.05, 4.69) is 0 Å². The van der Waals surface area contributed by atoms with Crippen molar-refractivity contribution in [2.24, 2.45) is 0 Å². The molecule has 17 heavy (non-hydrogen) atoms. The average Bonchev–Trinajstić information content (AvgIpc) is 2.34. The van der Waals surface area contributed by atoms with Gasteiger partial charge in [-0.15, -0.1) is 0 Å². The second-order valence-corrected chi connectivity index (χ2v) is 3.91. The fourth-order valence-electron chi connectivity index (χ4n) is 1.67. The van der Waals surface area contributed by atoms with Gasteiger partial charge in [-0.25, -0.2) is 4.39 Å². The Morgan fingerprint density at radius 1 is 1.18 bits per heavy atom. The van der Waals surface area contributed by atoms with Crippen LogP contribution in [0.4, 0.5) is 4.39 Å². The van der Waals surface area contributed by atoms with E-state index < -0.39 is 0 Å². The van der Waals surface area contributed by atoms with E-state index in [4.69, 9.17) is 0 Å². The summed E-state index contributed by atoms with van der Waals surface area (Å²) in [4.78, 5) is 11.4. The lowest BCUT2D eigenvalue weighted by Gasteiger charge is -2.04. The smallest absolute Gasteiger partial charge is 0.181 e. The molecule has 0 saturated heterocycles. The van der Waals surface area contributed by atoms with E-state index in [9.17, 15) is 9.18 Å². The van der Waals surface area contributed by atoms with Crippen LogP contribution in [0.1, 0.15) is 18.4 Å². The Morgan fingerprint density at radius 3 is 2.65 bits per heavy atom. The van der Waals surface area contributed by atoms with Gasteiger partial charge in [0.05, 0.1) is 0 Å². The van der Waals surface area contributed by atoms with Crippen LogP contribution in [-0.4, -0.2) is 5.78 Å². The molecule has 0 unspecified atom stereocenters. The first kappa shape index (κ1) is 11.5. The minimum Gasteiger partial charge on any atom is -0.290 e. The zero-order chi connectivity index (χ0) is 12.1. The van der Waals surface area contributed by atoms with Gasteiger partial charge in [0.25, 0.3) is 0 Å². The van der Waals surface area contributed by atoms with Crippen molar-refractivity contribution in [1.82, 2.24) is 0 Å². The number of benzene rings is 1. The predicted molar refractivity (Wildman–Crippen MR) is 66.9 cm³/mol. The van der Waals surface area contributed by atoms with E-state index in [1.165, 1.54) is 12.1 Å². The lowest BCUT2D eigenvalue weighted by molar-refractivity contribution is -0.111. The summed E-state index contributed by atoms with van der Waals surface area (Å²) in [7, 11) is 0. The van der Waals surface area contributed by atoms with E-state index in [0.717, 1.165) is 24.0 Å². The zero-order valence-electron chi connectivity index (χ0n) is 9.40. The molecule has 0 aliphatic heterocycles. The first-order valence-electron chi connectivity index (χ1n) is 5.59. The molecule has 0 bridgehead atoms. The van der Waals surface area contributed by atoms with Gasteiger partial charge in [0.2, 0.25) is 0 Å². The summed E-state index contributed by atoms with van der Waals surface area (Å²) >= 11 is 0. The van der Waals surface area contributed by atoms with Gasteiger partial charge in [-0.05, 0) is 42.2 Å². The Balaban J connectivity index is 2.06. The van der Waals surface area contributed by atoms with Gasteiger partial charge in [-0.1, -0.05) is 36.4 Å². The van der Waals surface area contributed by atoms with Crippen LogP contribution in [0.25, 0.3) is 6.08 Å². The Labute approximate surface area is 100.0 Å². The van der Waals surface area contributed by atoms with Crippen molar-refractivity contribution in [3.8, 4) is 0 Å². The monoisotopic (exact) mass is 228 g/mol. The van der Waals surface area contributed by atoms with Crippen molar-refractivity contribution in [3.63, 3.8) is 0 Å². The minimum atomic E-state index is -0.242. The number of hydrogen-bond donors (Lipinski definition) is 0. The van der Waals surface area contributed by atoms with Crippen molar-refractivity contribution in [2.45, 2.75) is 12.8 Å². The fraction of sp³-hybridized carbons (Fsp3) is 0.133. The highest BCUT2D eigenvalue weighted by molar-refractivity contribution is 6.04. The van der Waals surface area contributed by atoms with Crippen LogP contribution in [0.2, 0.25) is 0 Å². The van der Waals surface area contributed by atoms with Crippen molar-refractivity contribution >= 4 is 11.9 Å². The van der Waals surface area contributed by atoms with Crippen molar-refractivity contribution in [3.05, 3.63) is 65.5 Å². The Hall–Kier alpha value is -1.96. The third kappa shape index (κ3) is 3.25. The van der Waals surface area contributed by atoms with E-state index in [-0.39, 0.29) is 11.6 Å². The second-order valence-electron chi connectivity index (χ2n) is 3.91. The molecule has 0 radical (unpaired) electrons. The molecule has 0 N–H and O–H groups in total. The van der Waals surface area contributed by atoms with E-state index >= 15 is 0 Å². The summed E-state index contributed by atoms with van der Waals surface area (Å²) in [5.41, 5.74) is 1.74. The molecule has 2 rings (SSSR count). The highest BCUT2D eigenvalue weighted by atomic mass is 19.1. The average molecular weight is 228 g/mol. The van der Waals surface area contributed by atoms with Crippen LogP contribution in [-0.2, 0) is 4.79 Å². The number of halogens is 1. The molecule has 1 nitrogen and oxygen atoms in total. The third-order valence-corrected chi connectivity index (χ3v) is 2.62. The highest BCUT2D eigenvalue weighted by Gasteiger charge is 2.07. The van der Waals surface area contributed by atoms with Gasteiger partial charge in [0, 0.05) is 0 Å².